The zero-order chi connectivity index (χ0) is 20.7. The molecular formula is C20H23FN2O5. The first kappa shape index (κ1) is 21.0. The number of nitrogens with one attached hydrogen (secondary N) is 1. The number of anilines is 2. The Labute approximate surface area is 163 Å². The molecule has 0 aliphatic heterocycles. The molecule has 8 heteroatoms. The van der Waals surface area contributed by atoms with E-state index in [4.69, 9.17) is 14.2 Å². The van der Waals surface area contributed by atoms with Crippen molar-refractivity contribution in [1.82, 2.24) is 0 Å². The molecule has 0 unspecified atom stereocenters. The monoisotopic (exact) mass is 390 g/mol. The number of carbonyl (C=O) groups excluding carboxylic acids is 2. The molecule has 7 nitrogen and oxygen atoms in total. The summed E-state index contributed by atoms with van der Waals surface area (Å²) in [5.41, 5.74) is 0.579. The maximum Gasteiger partial charge on any atom is 0.226 e. The number of benzene rings is 2. The van der Waals surface area contributed by atoms with Crippen LogP contribution in [0.2, 0.25) is 0 Å². The second-order valence-corrected chi connectivity index (χ2v) is 5.83. The number of hydrogen-bond donors (Lipinski definition) is 1. The molecule has 0 spiro atoms. The molecule has 0 aromatic heterocycles. The van der Waals surface area contributed by atoms with Gasteiger partial charge < -0.3 is 24.4 Å². The lowest BCUT2D eigenvalue weighted by atomic mass is 10.2. The number of methoxy groups -OCH3 is 3. The highest BCUT2D eigenvalue weighted by atomic mass is 19.1. The number of rotatable bonds is 8. The maximum atomic E-state index is 13.7. The van der Waals surface area contributed by atoms with Gasteiger partial charge in [0.1, 0.15) is 5.82 Å². The van der Waals surface area contributed by atoms with Crippen molar-refractivity contribution in [2.75, 3.05) is 38.1 Å². The van der Waals surface area contributed by atoms with Gasteiger partial charge in [0.15, 0.2) is 11.5 Å². The summed E-state index contributed by atoms with van der Waals surface area (Å²) in [7, 11) is 4.43. The van der Waals surface area contributed by atoms with Gasteiger partial charge in [-0.1, -0.05) is 12.1 Å². The van der Waals surface area contributed by atoms with Gasteiger partial charge in [-0.3, -0.25) is 9.59 Å². The van der Waals surface area contributed by atoms with Crippen LogP contribution in [0.1, 0.15) is 13.3 Å². The van der Waals surface area contributed by atoms with Gasteiger partial charge in [-0.05, 0) is 12.1 Å². The van der Waals surface area contributed by atoms with E-state index < -0.39 is 11.7 Å². The Kier molecular flexibility index (Phi) is 7.20. The van der Waals surface area contributed by atoms with Crippen LogP contribution in [0, 0.1) is 5.82 Å². The van der Waals surface area contributed by atoms with Gasteiger partial charge in [-0.25, -0.2) is 4.39 Å². The number of carbonyl (C=O) groups is 2. The zero-order valence-corrected chi connectivity index (χ0v) is 16.2. The summed E-state index contributed by atoms with van der Waals surface area (Å²) in [6.45, 7) is 1.48. The minimum absolute atomic E-state index is 0.0232. The minimum Gasteiger partial charge on any atom is -0.493 e. The van der Waals surface area contributed by atoms with Gasteiger partial charge in [-0.2, -0.15) is 0 Å². The average molecular weight is 390 g/mol. The number of nitrogens with zero attached hydrogens (tertiary/aromatic N) is 1. The molecule has 0 radical (unpaired) electrons. The van der Waals surface area contributed by atoms with E-state index in [1.165, 1.54) is 51.4 Å². The van der Waals surface area contributed by atoms with Crippen molar-refractivity contribution >= 4 is 23.2 Å². The van der Waals surface area contributed by atoms with E-state index in [0.717, 1.165) is 0 Å². The van der Waals surface area contributed by atoms with Crippen LogP contribution in [0.3, 0.4) is 0 Å². The van der Waals surface area contributed by atoms with Gasteiger partial charge in [0.05, 0.1) is 32.7 Å². The summed E-state index contributed by atoms with van der Waals surface area (Å²) in [4.78, 5) is 25.7. The molecule has 0 aliphatic carbocycles. The molecule has 28 heavy (non-hydrogen) atoms. The molecule has 2 amide bonds. The lowest BCUT2D eigenvalue weighted by Crippen LogP contribution is -2.32. The van der Waals surface area contributed by atoms with E-state index in [2.05, 4.69) is 5.32 Å². The van der Waals surface area contributed by atoms with Gasteiger partial charge in [-0.15, -0.1) is 0 Å². The van der Waals surface area contributed by atoms with Crippen LogP contribution in [0.25, 0.3) is 0 Å². The SMILES string of the molecule is COc1cc(N(CCC(=O)Nc2ccccc2F)C(C)=O)cc(OC)c1OC. The summed E-state index contributed by atoms with van der Waals surface area (Å²) >= 11 is 0. The largest absolute Gasteiger partial charge is 0.493 e. The molecule has 0 aliphatic rings. The molecule has 2 aromatic carbocycles. The minimum atomic E-state index is -0.524. The van der Waals surface area contributed by atoms with Crippen molar-refractivity contribution in [3.8, 4) is 17.2 Å². The van der Waals surface area contributed by atoms with Crippen molar-refractivity contribution in [1.29, 1.82) is 0 Å². The third-order valence-electron chi connectivity index (χ3n) is 4.05. The molecule has 0 bridgehead atoms. The Bertz CT molecular complexity index is 831. The van der Waals surface area contributed by atoms with Gasteiger partial charge in [0.2, 0.25) is 17.6 Å². The predicted octanol–water partition coefficient (Wildman–Crippen LogP) is 3.23. The van der Waals surface area contributed by atoms with Crippen LogP contribution in [-0.4, -0.2) is 39.7 Å². The Morgan fingerprint density at radius 1 is 1.04 bits per heavy atom. The second-order valence-electron chi connectivity index (χ2n) is 5.83. The quantitative estimate of drug-likeness (QED) is 0.749. The van der Waals surface area contributed by atoms with E-state index in [1.807, 2.05) is 0 Å². The first-order chi connectivity index (χ1) is 13.4. The first-order valence-electron chi connectivity index (χ1n) is 8.53. The fraction of sp³-hybridized carbons (Fsp3) is 0.300. The van der Waals surface area contributed by atoms with Crippen LogP contribution < -0.4 is 24.4 Å². The smallest absolute Gasteiger partial charge is 0.226 e. The standard InChI is InChI=1S/C20H23FN2O5/c1-13(24)23(10-9-19(25)22-16-8-6-5-7-15(16)21)14-11-17(26-2)20(28-4)18(12-14)27-3/h5-8,11-12H,9-10H2,1-4H3,(H,22,25). The Balaban J connectivity index is 2.18. The Morgan fingerprint density at radius 3 is 2.14 bits per heavy atom. The lowest BCUT2D eigenvalue weighted by molar-refractivity contribution is -0.117. The van der Waals surface area contributed by atoms with Gasteiger partial charge in [0, 0.05) is 32.0 Å². The average Bonchev–Trinajstić information content (AvgIpc) is 2.68. The molecular weight excluding hydrogens is 367 g/mol. The van der Waals surface area contributed by atoms with E-state index in [9.17, 15) is 14.0 Å². The summed E-state index contributed by atoms with van der Waals surface area (Å²) < 4.78 is 29.5. The molecule has 0 heterocycles. The highest BCUT2D eigenvalue weighted by Gasteiger charge is 2.20. The van der Waals surface area contributed by atoms with Gasteiger partial charge >= 0.3 is 0 Å². The third kappa shape index (κ3) is 4.91. The molecule has 1 N–H and O–H groups in total. The number of ether oxygens (including phenoxy) is 3. The van der Waals surface area contributed by atoms with Crippen molar-refractivity contribution in [2.24, 2.45) is 0 Å². The topological polar surface area (TPSA) is 77.1 Å². The van der Waals surface area contributed by atoms with Crippen LogP contribution >= 0.6 is 0 Å². The summed E-state index contributed by atoms with van der Waals surface area (Å²) in [5.74, 6) is -0.0342. The second kappa shape index (κ2) is 9.59. The van der Waals surface area contributed by atoms with Crippen LogP contribution in [-0.2, 0) is 9.59 Å². The van der Waals surface area contributed by atoms with Crippen LogP contribution in [0.5, 0.6) is 17.2 Å². The number of hydrogen-bond acceptors (Lipinski definition) is 5. The summed E-state index contributed by atoms with van der Waals surface area (Å²) in [6.07, 6.45) is -0.0232. The van der Waals surface area contributed by atoms with Crippen molar-refractivity contribution < 1.29 is 28.2 Å². The summed E-state index contributed by atoms with van der Waals surface area (Å²) in [6, 6.07) is 9.13. The van der Waals surface area contributed by atoms with Gasteiger partial charge in [0.25, 0.3) is 0 Å². The predicted molar refractivity (Wildman–Crippen MR) is 104 cm³/mol. The number of para-hydroxylation sites is 1. The summed E-state index contributed by atoms with van der Waals surface area (Å²) in [5, 5.41) is 2.50. The highest BCUT2D eigenvalue weighted by molar-refractivity contribution is 5.95. The highest BCUT2D eigenvalue weighted by Crippen LogP contribution is 2.41. The van der Waals surface area contributed by atoms with E-state index in [-0.39, 0.29) is 24.6 Å². The molecule has 0 saturated heterocycles. The van der Waals surface area contributed by atoms with E-state index in [1.54, 1.807) is 18.2 Å². The Hall–Kier alpha value is -3.29. The molecule has 150 valence electrons. The van der Waals surface area contributed by atoms with Crippen molar-refractivity contribution in [3.63, 3.8) is 0 Å². The first-order valence-corrected chi connectivity index (χ1v) is 8.53. The number of amides is 2. The number of halogens is 1. The van der Waals surface area contributed by atoms with Crippen LogP contribution in [0.15, 0.2) is 36.4 Å². The van der Waals surface area contributed by atoms with E-state index in [0.29, 0.717) is 22.9 Å². The fourth-order valence-electron chi connectivity index (χ4n) is 2.68. The Morgan fingerprint density at radius 2 is 1.64 bits per heavy atom. The molecule has 0 saturated carbocycles. The molecule has 0 atom stereocenters. The fourth-order valence-corrected chi connectivity index (χ4v) is 2.68. The lowest BCUT2D eigenvalue weighted by Gasteiger charge is -2.23. The van der Waals surface area contributed by atoms with Crippen LogP contribution in [0.4, 0.5) is 15.8 Å². The molecule has 2 rings (SSSR count). The normalized spacial score (nSPS) is 10.2. The van der Waals surface area contributed by atoms with Crippen molar-refractivity contribution in [2.45, 2.75) is 13.3 Å². The molecule has 2 aromatic rings. The van der Waals surface area contributed by atoms with Crippen molar-refractivity contribution in [3.05, 3.63) is 42.2 Å². The maximum absolute atomic E-state index is 13.7. The molecule has 0 fully saturated rings. The van der Waals surface area contributed by atoms with E-state index >= 15 is 0 Å². The third-order valence-corrected chi connectivity index (χ3v) is 4.05. The zero-order valence-electron chi connectivity index (χ0n) is 16.2.